The second-order valence-corrected chi connectivity index (χ2v) is 6.92. The van der Waals surface area contributed by atoms with Crippen molar-refractivity contribution in [3.8, 4) is 0 Å². The van der Waals surface area contributed by atoms with Crippen molar-refractivity contribution in [2.75, 3.05) is 11.8 Å². The Labute approximate surface area is 147 Å². The van der Waals surface area contributed by atoms with Crippen LogP contribution in [0.5, 0.6) is 0 Å². The van der Waals surface area contributed by atoms with Crippen LogP contribution in [0.2, 0.25) is 0 Å². The second kappa shape index (κ2) is 10.2. The number of carbonyl (C=O) groups excluding carboxylic acids is 1. The van der Waals surface area contributed by atoms with E-state index in [1.54, 1.807) is 23.5 Å². The molecule has 120 valence electrons. The Morgan fingerprint density at radius 1 is 0.870 bits per heavy atom. The van der Waals surface area contributed by atoms with Crippen LogP contribution in [0.15, 0.2) is 73.3 Å². The van der Waals surface area contributed by atoms with Crippen LogP contribution in [0, 0.1) is 0 Å². The van der Waals surface area contributed by atoms with Crippen molar-refractivity contribution < 1.29 is 4.79 Å². The van der Waals surface area contributed by atoms with E-state index in [4.69, 9.17) is 0 Å². The van der Waals surface area contributed by atoms with Crippen LogP contribution in [0.1, 0.15) is 11.1 Å². The Balaban J connectivity index is 1.77. The Morgan fingerprint density at radius 2 is 1.30 bits per heavy atom. The third kappa shape index (κ3) is 6.55. The molecule has 0 bridgehead atoms. The summed E-state index contributed by atoms with van der Waals surface area (Å²) in [5, 5.41) is 0. The molecule has 2 aromatic carbocycles. The molecule has 0 aliphatic heterocycles. The smallest absolute Gasteiger partial charge is 0.247 e. The van der Waals surface area contributed by atoms with Crippen LogP contribution < -0.4 is 0 Å². The van der Waals surface area contributed by atoms with E-state index in [2.05, 4.69) is 30.8 Å². The minimum atomic E-state index is -0.00822. The number of amides is 1. The summed E-state index contributed by atoms with van der Waals surface area (Å²) in [5.41, 5.74) is 2.56. The Bertz CT molecular complexity index is 556. The summed E-state index contributed by atoms with van der Waals surface area (Å²) in [6.45, 7) is 3.60. The lowest BCUT2D eigenvalue weighted by Crippen LogP contribution is -2.28. The quantitative estimate of drug-likeness (QED) is 0.482. The van der Waals surface area contributed by atoms with Gasteiger partial charge in [0.25, 0.3) is 0 Å². The van der Waals surface area contributed by atoms with Gasteiger partial charge in [-0.05, 0) is 17.2 Å². The van der Waals surface area contributed by atoms with E-state index in [0.717, 1.165) is 11.5 Å². The summed E-state index contributed by atoms with van der Waals surface area (Å²) >= 11 is 3.50. The topological polar surface area (TPSA) is 20.3 Å². The summed E-state index contributed by atoms with van der Waals surface area (Å²) in [7, 11) is 0. The summed E-state index contributed by atoms with van der Waals surface area (Å²) in [6.07, 6.45) is 1.39. The van der Waals surface area contributed by atoms with Gasteiger partial charge in [0.2, 0.25) is 5.91 Å². The highest BCUT2D eigenvalue weighted by Crippen LogP contribution is 2.18. The van der Waals surface area contributed by atoms with Gasteiger partial charge in [-0.1, -0.05) is 67.2 Å². The zero-order valence-electron chi connectivity index (χ0n) is 13.1. The van der Waals surface area contributed by atoms with E-state index < -0.39 is 0 Å². The van der Waals surface area contributed by atoms with Crippen molar-refractivity contribution in [2.24, 2.45) is 0 Å². The average Bonchev–Trinajstić information content (AvgIpc) is 2.61. The average molecular weight is 344 g/mol. The Morgan fingerprint density at radius 3 is 1.70 bits per heavy atom. The molecule has 0 atom stereocenters. The number of thioether (sulfide) groups is 2. The molecule has 0 aliphatic carbocycles. The van der Waals surface area contributed by atoms with Gasteiger partial charge in [0, 0.05) is 11.5 Å². The van der Waals surface area contributed by atoms with E-state index >= 15 is 0 Å². The lowest BCUT2D eigenvalue weighted by molar-refractivity contribution is -0.124. The Kier molecular flexibility index (Phi) is 7.84. The number of nitrogens with zero attached hydrogens (tertiary/aromatic N) is 1. The number of hydrogen-bond donors (Lipinski definition) is 0. The van der Waals surface area contributed by atoms with Crippen molar-refractivity contribution >= 4 is 29.4 Å². The number of benzene rings is 2. The van der Waals surface area contributed by atoms with Gasteiger partial charge in [-0.15, -0.1) is 23.5 Å². The first-order chi connectivity index (χ1) is 11.3. The van der Waals surface area contributed by atoms with Crippen LogP contribution in [-0.2, 0) is 16.3 Å². The monoisotopic (exact) mass is 343 g/mol. The molecular weight excluding hydrogens is 322 g/mol. The molecule has 2 aromatic rings. The third-order valence-electron chi connectivity index (χ3n) is 3.20. The number of rotatable bonds is 9. The molecule has 0 aromatic heterocycles. The molecule has 23 heavy (non-hydrogen) atoms. The first-order valence-corrected chi connectivity index (χ1v) is 9.75. The molecule has 1 amide bonds. The second-order valence-electron chi connectivity index (χ2n) is 5.01. The largest absolute Gasteiger partial charge is 0.321 e. The highest BCUT2D eigenvalue weighted by atomic mass is 32.2. The zero-order valence-corrected chi connectivity index (χ0v) is 14.7. The van der Waals surface area contributed by atoms with Gasteiger partial charge in [0.1, 0.15) is 0 Å². The Hall–Kier alpha value is -1.65. The molecule has 2 nitrogen and oxygen atoms in total. The molecule has 0 unspecified atom stereocenters. The zero-order chi connectivity index (χ0) is 16.3. The minimum absolute atomic E-state index is 0.00822. The summed E-state index contributed by atoms with van der Waals surface area (Å²) in [4.78, 5) is 13.8. The lowest BCUT2D eigenvalue weighted by Gasteiger charge is -2.20. The predicted octanol–water partition coefficient (Wildman–Crippen LogP) is 4.78. The third-order valence-corrected chi connectivity index (χ3v) is 5.27. The lowest BCUT2D eigenvalue weighted by atomic mass is 10.2. The molecule has 0 fully saturated rings. The van der Waals surface area contributed by atoms with Crippen LogP contribution in [0.3, 0.4) is 0 Å². The SMILES string of the molecule is C=CC(=O)N(CSCc1ccccc1)CSCc1ccccc1. The van der Waals surface area contributed by atoms with Crippen molar-refractivity contribution in [1.82, 2.24) is 4.90 Å². The fourth-order valence-corrected chi connectivity index (χ4v) is 4.02. The fourth-order valence-electron chi connectivity index (χ4n) is 1.99. The van der Waals surface area contributed by atoms with Crippen LogP contribution >= 0.6 is 23.5 Å². The van der Waals surface area contributed by atoms with E-state index in [9.17, 15) is 4.79 Å². The normalized spacial score (nSPS) is 10.3. The van der Waals surface area contributed by atoms with Gasteiger partial charge in [0.05, 0.1) is 11.8 Å². The van der Waals surface area contributed by atoms with Gasteiger partial charge in [-0.25, -0.2) is 0 Å². The van der Waals surface area contributed by atoms with Gasteiger partial charge in [-0.2, -0.15) is 0 Å². The van der Waals surface area contributed by atoms with Gasteiger partial charge in [-0.3, -0.25) is 4.79 Å². The molecule has 0 saturated heterocycles. The summed E-state index contributed by atoms with van der Waals surface area (Å²) in [5.74, 6) is 3.17. The minimum Gasteiger partial charge on any atom is -0.321 e. The van der Waals surface area contributed by atoms with Gasteiger partial charge in [0.15, 0.2) is 0 Å². The standard InChI is InChI=1S/C19H21NOS2/c1-2-19(21)20(15-22-13-17-9-5-3-6-10-17)16-23-14-18-11-7-4-8-12-18/h2-12H,1,13-16H2. The van der Waals surface area contributed by atoms with E-state index in [1.165, 1.54) is 17.2 Å². The fraction of sp³-hybridized carbons (Fsp3) is 0.211. The highest BCUT2D eigenvalue weighted by molar-refractivity contribution is 7.99. The van der Waals surface area contributed by atoms with Crippen LogP contribution in [0.25, 0.3) is 0 Å². The van der Waals surface area contributed by atoms with Crippen molar-refractivity contribution in [2.45, 2.75) is 11.5 Å². The first-order valence-electron chi connectivity index (χ1n) is 7.44. The maximum atomic E-state index is 12.0. The highest BCUT2D eigenvalue weighted by Gasteiger charge is 2.10. The maximum absolute atomic E-state index is 12.0. The van der Waals surface area contributed by atoms with E-state index in [-0.39, 0.29) is 5.91 Å². The van der Waals surface area contributed by atoms with Crippen LogP contribution in [0.4, 0.5) is 0 Å². The molecule has 0 heterocycles. The summed E-state index contributed by atoms with van der Waals surface area (Å²) < 4.78 is 0. The molecule has 0 N–H and O–H groups in total. The molecule has 0 radical (unpaired) electrons. The summed E-state index contributed by atoms with van der Waals surface area (Å²) in [6, 6.07) is 20.6. The maximum Gasteiger partial charge on any atom is 0.247 e. The van der Waals surface area contributed by atoms with Crippen molar-refractivity contribution in [3.05, 3.63) is 84.4 Å². The number of carbonyl (C=O) groups is 1. The van der Waals surface area contributed by atoms with Crippen LogP contribution in [-0.4, -0.2) is 22.6 Å². The van der Waals surface area contributed by atoms with Crippen molar-refractivity contribution in [1.29, 1.82) is 0 Å². The molecule has 0 spiro atoms. The van der Waals surface area contributed by atoms with E-state index in [0.29, 0.717) is 11.8 Å². The molecule has 0 aliphatic rings. The molecule has 0 saturated carbocycles. The van der Waals surface area contributed by atoms with Gasteiger partial charge < -0.3 is 4.90 Å². The molecule has 4 heteroatoms. The molecular formula is C19H21NOS2. The predicted molar refractivity (Wildman–Crippen MR) is 102 cm³/mol. The van der Waals surface area contributed by atoms with Gasteiger partial charge >= 0.3 is 0 Å². The van der Waals surface area contributed by atoms with Crippen molar-refractivity contribution in [3.63, 3.8) is 0 Å². The number of hydrogen-bond acceptors (Lipinski definition) is 3. The first kappa shape index (κ1) is 17.7. The van der Waals surface area contributed by atoms with E-state index in [1.807, 2.05) is 41.3 Å². The molecule has 2 rings (SSSR count).